The summed E-state index contributed by atoms with van der Waals surface area (Å²) in [6.45, 7) is 4.78. The van der Waals surface area contributed by atoms with Crippen LogP contribution in [0.3, 0.4) is 0 Å². The van der Waals surface area contributed by atoms with Crippen LogP contribution in [0.2, 0.25) is 0 Å². The average Bonchev–Trinajstić information content (AvgIpc) is 2.05. The van der Waals surface area contributed by atoms with Gasteiger partial charge in [-0.05, 0) is 39.5 Å². The SMILES string of the molecule is COCCC[N]1CCC[N](C)[AlH]1. The first-order chi connectivity index (χ1) is 5.83. The van der Waals surface area contributed by atoms with E-state index in [1.54, 1.807) is 7.11 Å². The highest BCUT2D eigenvalue weighted by Gasteiger charge is 2.16. The third-order valence-electron chi connectivity index (χ3n) is 2.28. The summed E-state index contributed by atoms with van der Waals surface area (Å²) in [4.78, 5) is 0. The largest absolute Gasteiger partial charge is 0.462 e. The Labute approximate surface area is 81.8 Å². The normalized spacial score (nSPS) is 20.8. The van der Waals surface area contributed by atoms with Crippen molar-refractivity contribution in [3.05, 3.63) is 0 Å². The molecule has 1 heterocycles. The molecule has 1 saturated heterocycles. The van der Waals surface area contributed by atoms with Crippen LogP contribution in [-0.4, -0.2) is 63.8 Å². The van der Waals surface area contributed by atoms with Gasteiger partial charge >= 0.3 is 15.7 Å². The highest BCUT2D eigenvalue weighted by Crippen LogP contribution is 2.01. The van der Waals surface area contributed by atoms with Crippen LogP contribution in [0.5, 0.6) is 0 Å². The van der Waals surface area contributed by atoms with Gasteiger partial charge in [-0.3, -0.25) is 0 Å². The summed E-state index contributed by atoms with van der Waals surface area (Å²) in [5.74, 6) is 0. The molecule has 1 fully saturated rings. The average molecular weight is 186 g/mol. The van der Waals surface area contributed by atoms with Crippen molar-refractivity contribution < 1.29 is 4.74 Å². The Bertz CT molecular complexity index is 124. The van der Waals surface area contributed by atoms with Crippen molar-refractivity contribution in [2.24, 2.45) is 0 Å². The third kappa shape index (κ3) is 3.88. The number of ether oxygens (including phenoxy) is 1. The van der Waals surface area contributed by atoms with E-state index in [-0.39, 0.29) is 15.7 Å². The van der Waals surface area contributed by atoms with Gasteiger partial charge in [0.05, 0.1) is 0 Å². The first kappa shape index (κ1) is 10.5. The Kier molecular flexibility index (Phi) is 5.21. The summed E-state index contributed by atoms with van der Waals surface area (Å²) in [6.07, 6.45) is 2.54. The molecule has 70 valence electrons. The Balaban J connectivity index is 2.06. The van der Waals surface area contributed by atoms with Crippen LogP contribution in [-0.2, 0) is 4.74 Å². The van der Waals surface area contributed by atoms with Crippen LogP contribution >= 0.6 is 0 Å². The standard InChI is InChI=1S/C8H18N2O.Al.H/c1-9-5-3-6-10-7-4-8-11-2;;/h3-8H2,1-2H3;;/q-2;+2;. The summed E-state index contributed by atoms with van der Waals surface area (Å²) in [7, 11) is 4.02. The van der Waals surface area contributed by atoms with Crippen LogP contribution in [0, 0.1) is 0 Å². The first-order valence-electron chi connectivity index (χ1n) is 4.73. The Morgan fingerprint density at radius 2 is 2.25 bits per heavy atom. The fourth-order valence-electron chi connectivity index (χ4n) is 1.66. The lowest BCUT2D eigenvalue weighted by Crippen LogP contribution is -2.46. The second-order valence-electron chi connectivity index (χ2n) is 3.54. The molecule has 12 heavy (non-hydrogen) atoms. The number of hydrogen-bond donors (Lipinski definition) is 0. The number of hydrogen-bond acceptors (Lipinski definition) is 3. The van der Waals surface area contributed by atoms with Crippen LogP contribution in [0.15, 0.2) is 0 Å². The molecule has 0 N–H and O–H groups in total. The lowest BCUT2D eigenvalue weighted by Gasteiger charge is -2.31. The molecule has 1 rings (SSSR count). The van der Waals surface area contributed by atoms with Crippen LogP contribution in [0.25, 0.3) is 0 Å². The maximum atomic E-state index is 5.03. The quantitative estimate of drug-likeness (QED) is 0.451. The second kappa shape index (κ2) is 5.96. The maximum absolute atomic E-state index is 5.03. The molecule has 1 aliphatic heterocycles. The van der Waals surface area contributed by atoms with E-state index in [0.29, 0.717) is 0 Å². The molecule has 0 aliphatic carbocycles. The molecular formula is C8H19AlN2O. The maximum Gasteiger partial charge on any atom is 0.462 e. The van der Waals surface area contributed by atoms with Gasteiger partial charge in [-0.2, -0.15) is 0 Å². The van der Waals surface area contributed by atoms with Crippen molar-refractivity contribution in [3.8, 4) is 0 Å². The fourth-order valence-corrected chi connectivity index (χ4v) is 3.44. The van der Waals surface area contributed by atoms with E-state index in [9.17, 15) is 0 Å². The highest BCUT2D eigenvalue weighted by atomic mass is 27.1. The van der Waals surface area contributed by atoms with E-state index in [2.05, 4.69) is 14.8 Å². The van der Waals surface area contributed by atoms with Gasteiger partial charge in [0, 0.05) is 13.7 Å². The predicted octanol–water partition coefficient (Wildman–Crippen LogP) is -0.0731. The van der Waals surface area contributed by atoms with Gasteiger partial charge in [0.2, 0.25) is 0 Å². The minimum absolute atomic E-state index is 0.0700. The van der Waals surface area contributed by atoms with Crippen molar-refractivity contribution in [2.75, 3.05) is 40.4 Å². The molecule has 0 bridgehead atoms. The Morgan fingerprint density at radius 3 is 2.92 bits per heavy atom. The van der Waals surface area contributed by atoms with Crippen molar-refractivity contribution in [1.29, 1.82) is 0 Å². The van der Waals surface area contributed by atoms with Crippen molar-refractivity contribution in [1.82, 2.24) is 7.77 Å². The van der Waals surface area contributed by atoms with Gasteiger partial charge in [0.15, 0.2) is 0 Å². The summed E-state index contributed by atoms with van der Waals surface area (Å²) in [5, 5.41) is 0. The molecule has 0 aromatic carbocycles. The second-order valence-corrected chi connectivity index (χ2v) is 5.80. The molecule has 0 atom stereocenters. The van der Waals surface area contributed by atoms with E-state index < -0.39 is 0 Å². The molecule has 0 aromatic rings. The zero-order valence-corrected chi connectivity index (χ0v) is 9.67. The summed E-state index contributed by atoms with van der Waals surface area (Å²) in [5.41, 5.74) is 0. The number of rotatable bonds is 4. The Hall–Kier alpha value is 0.412. The molecule has 1 aliphatic rings. The van der Waals surface area contributed by atoms with E-state index in [4.69, 9.17) is 4.74 Å². The van der Waals surface area contributed by atoms with E-state index in [0.717, 1.165) is 6.61 Å². The van der Waals surface area contributed by atoms with E-state index in [1.807, 2.05) is 0 Å². The highest BCUT2D eigenvalue weighted by molar-refractivity contribution is 6.28. The Morgan fingerprint density at radius 1 is 1.42 bits per heavy atom. The van der Waals surface area contributed by atoms with E-state index in [1.165, 1.54) is 32.5 Å². The minimum Gasteiger partial charge on any atom is -0.385 e. The van der Waals surface area contributed by atoms with Gasteiger partial charge in [-0.15, -0.1) is 0 Å². The monoisotopic (exact) mass is 186 g/mol. The van der Waals surface area contributed by atoms with Crippen LogP contribution < -0.4 is 0 Å². The molecule has 0 radical (unpaired) electrons. The lowest BCUT2D eigenvalue weighted by molar-refractivity contribution is 0.183. The molecular weight excluding hydrogens is 167 g/mol. The molecule has 0 spiro atoms. The van der Waals surface area contributed by atoms with Crippen molar-refractivity contribution >= 4 is 15.7 Å². The molecule has 3 nitrogen and oxygen atoms in total. The molecule has 0 aromatic heterocycles. The molecule has 0 amide bonds. The van der Waals surface area contributed by atoms with Crippen LogP contribution in [0.1, 0.15) is 12.8 Å². The van der Waals surface area contributed by atoms with Gasteiger partial charge in [-0.25, -0.2) is 0 Å². The molecule has 4 heteroatoms. The van der Waals surface area contributed by atoms with Gasteiger partial charge in [-0.1, -0.05) is 0 Å². The first-order valence-corrected chi connectivity index (χ1v) is 5.99. The summed E-state index contributed by atoms with van der Waals surface area (Å²) < 4.78 is 10.2. The van der Waals surface area contributed by atoms with Gasteiger partial charge < -0.3 is 12.5 Å². The number of nitrogens with zero attached hydrogens (tertiary/aromatic N) is 2. The van der Waals surface area contributed by atoms with Gasteiger partial charge in [0.1, 0.15) is 0 Å². The fraction of sp³-hybridized carbons (Fsp3) is 1.00. The lowest BCUT2D eigenvalue weighted by atomic mass is 10.4. The van der Waals surface area contributed by atoms with Crippen LogP contribution in [0.4, 0.5) is 0 Å². The smallest absolute Gasteiger partial charge is 0.385 e. The van der Waals surface area contributed by atoms with E-state index >= 15 is 0 Å². The zero-order chi connectivity index (χ0) is 8.81. The minimum atomic E-state index is -0.0700. The van der Waals surface area contributed by atoms with Crippen molar-refractivity contribution in [3.63, 3.8) is 0 Å². The number of methoxy groups -OCH3 is 1. The molecule has 0 saturated carbocycles. The van der Waals surface area contributed by atoms with Crippen molar-refractivity contribution in [2.45, 2.75) is 12.8 Å². The third-order valence-corrected chi connectivity index (χ3v) is 4.11. The zero-order valence-electron chi connectivity index (χ0n) is 8.25. The topological polar surface area (TPSA) is 15.7 Å². The predicted molar refractivity (Wildman–Crippen MR) is 52.5 cm³/mol. The molecule has 0 unspecified atom stereocenters. The summed E-state index contributed by atoms with van der Waals surface area (Å²) >= 11 is -0.0700. The van der Waals surface area contributed by atoms with Gasteiger partial charge in [0.25, 0.3) is 0 Å². The summed E-state index contributed by atoms with van der Waals surface area (Å²) in [6, 6.07) is 0.